The predicted octanol–water partition coefficient (Wildman–Crippen LogP) is 5.14. The second-order valence-electron chi connectivity index (χ2n) is 6.75. The van der Waals surface area contributed by atoms with Gasteiger partial charge in [-0.2, -0.15) is 0 Å². The summed E-state index contributed by atoms with van der Waals surface area (Å²) < 4.78 is 13.7. The number of nitrogens with zero attached hydrogens (tertiary/aromatic N) is 2. The third-order valence-electron chi connectivity index (χ3n) is 4.70. The summed E-state index contributed by atoms with van der Waals surface area (Å²) in [5, 5.41) is 0.591. The number of hydrogen-bond acceptors (Lipinski definition) is 3. The Morgan fingerprint density at radius 1 is 1.26 bits per heavy atom. The normalized spacial score (nSPS) is 18.2. The molecule has 142 valence electrons. The van der Waals surface area contributed by atoms with Crippen LogP contribution in [0.25, 0.3) is 0 Å². The van der Waals surface area contributed by atoms with E-state index in [1.165, 1.54) is 12.1 Å². The lowest BCUT2D eigenvalue weighted by Gasteiger charge is -2.39. The van der Waals surface area contributed by atoms with Gasteiger partial charge in [-0.25, -0.2) is 4.39 Å². The third-order valence-corrected chi connectivity index (χ3v) is 5.59. The number of carbonyl (C=O) groups excluding carboxylic acids is 1. The number of piperazine rings is 1. The number of rotatable bonds is 5. The van der Waals surface area contributed by atoms with Gasteiger partial charge >= 0.3 is 0 Å². The number of allylic oxidation sites excluding steroid dienone is 1. The summed E-state index contributed by atoms with van der Waals surface area (Å²) in [6, 6.07) is 12.1. The van der Waals surface area contributed by atoms with Gasteiger partial charge in [-0.1, -0.05) is 23.7 Å². The number of hydrogen-bond donors (Lipinski definition) is 0. The van der Waals surface area contributed by atoms with Gasteiger partial charge in [-0.3, -0.25) is 9.69 Å². The van der Waals surface area contributed by atoms with Crippen LogP contribution < -0.4 is 0 Å². The molecule has 3 nitrogen and oxygen atoms in total. The van der Waals surface area contributed by atoms with E-state index in [4.69, 9.17) is 11.6 Å². The minimum atomic E-state index is -0.209. The van der Waals surface area contributed by atoms with Crippen molar-refractivity contribution in [2.45, 2.75) is 19.5 Å². The van der Waals surface area contributed by atoms with Gasteiger partial charge in [0.1, 0.15) is 5.82 Å². The summed E-state index contributed by atoms with van der Waals surface area (Å²) >= 11 is 9.31. The number of ketones is 1. The van der Waals surface area contributed by atoms with Gasteiger partial charge in [-0.15, -0.1) is 0 Å². The van der Waals surface area contributed by atoms with Crippen LogP contribution in [0.15, 0.2) is 59.2 Å². The van der Waals surface area contributed by atoms with Gasteiger partial charge in [-0.05, 0) is 58.7 Å². The van der Waals surface area contributed by atoms with E-state index in [2.05, 4.69) is 32.7 Å². The molecule has 1 saturated heterocycles. The number of benzene rings is 2. The lowest BCUT2D eigenvalue weighted by atomic mass is 10.1. The SMILES string of the molecule is CC1CN(Cc2ccc(F)cc2)CCN1/C=C/C(=O)c1ccc(Cl)cc1Br. The molecule has 1 aliphatic rings. The quantitative estimate of drug-likeness (QED) is 0.464. The molecule has 0 amide bonds. The fourth-order valence-electron chi connectivity index (χ4n) is 3.20. The molecule has 0 radical (unpaired) electrons. The van der Waals surface area contributed by atoms with E-state index in [1.54, 1.807) is 24.3 Å². The van der Waals surface area contributed by atoms with Crippen molar-refractivity contribution in [3.8, 4) is 0 Å². The lowest BCUT2D eigenvalue weighted by molar-refractivity contribution is 0.102. The Balaban J connectivity index is 1.57. The van der Waals surface area contributed by atoms with Crippen LogP contribution in [-0.4, -0.2) is 41.3 Å². The summed E-state index contributed by atoms with van der Waals surface area (Å²) in [5.41, 5.74) is 1.70. The van der Waals surface area contributed by atoms with Crippen LogP contribution in [0.5, 0.6) is 0 Å². The summed E-state index contributed by atoms with van der Waals surface area (Å²) in [6.07, 6.45) is 3.49. The Morgan fingerprint density at radius 2 is 2.00 bits per heavy atom. The van der Waals surface area contributed by atoms with Crippen LogP contribution in [-0.2, 0) is 6.54 Å². The number of carbonyl (C=O) groups is 1. The van der Waals surface area contributed by atoms with Crippen LogP contribution in [0, 0.1) is 5.82 Å². The zero-order valence-electron chi connectivity index (χ0n) is 15.0. The average Bonchev–Trinajstić information content (AvgIpc) is 2.63. The molecule has 1 aliphatic heterocycles. The molecule has 0 saturated carbocycles. The van der Waals surface area contributed by atoms with Gasteiger partial charge in [0.15, 0.2) is 5.78 Å². The molecule has 0 spiro atoms. The second kappa shape index (κ2) is 9.00. The molecular formula is C21H21BrClFN2O. The highest BCUT2D eigenvalue weighted by Crippen LogP contribution is 2.22. The summed E-state index contributed by atoms with van der Waals surface area (Å²) in [6.45, 7) is 5.57. The maximum atomic E-state index is 13.0. The van der Waals surface area contributed by atoms with E-state index < -0.39 is 0 Å². The summed E-state index contributed by atoms with van der Waals surface area (Å²) in [4.78, 5) is 17.0. The second-order valence-corrected chi connectivity index (χ2v) is 8.04. The average molecular weight is 452 g/mol. The lowest BCUT2D eigenvalue weighted by Crippen LogP contribution is -2.49. The van der Waals surface area contributed by atoms with Crippen molar-refractivity contribution < 1.29 is 9.18 Å². The summed E-state index contributed by atoms with van der Waals surface area (Å²) in [7, 11) is 0. The molecule has 2 aromatic rings. The fraction of sp³-hybridized carbons (Fsp3) is 0.286. The molecule has 1 unspecified atom stereocenters. The first-order valence-electron chi connectivity index (χ1n) is 8.82. The molecule has 2 aromatic carbocycles. The molecule has 3 rings (SSSR count). The van der Waals surface area contributed by atoms with Crippen LogP contribution in [0.2, 0.25) is 5.02 Å². The highest BCUT2D eigenvalue weighted by atomic mass is 79.9. The predicted molar refractivity (Wildman–Crippen MR) is 110 cm³/mol. The smallest absolute Gasteiger partial charge is 0.188 e. The van der Waals surface area contributed by atoms with Crippen molar-refractivity contribution in [3.63, 3.8) is 0 Å². The van der Waals surface area contributed by atoms with E-state index >= 15 is 0 Å². The van der Waals surface area contributed by atoms with Crippen molar-refractivity contribution in [1.29, 1.82) is 0 Å². The monoisotopic (exact) mass is 450 g/mol. The zero-order valence-corrected chi connectivity index (χ0v) is 17.4. The molecule has 0 bridgehead atoms. The molecule has 0 aromatic heterocycles. The van der Waals surface area contributed by atoms with Crippen LogP contribution in [0.1, 0.15) is 22.8 Å². The number of halogens is 3. The molecule has 27 heavy (non-hydrogen) atoms. The van der Waals surface area contributed by atoms with Crippen molar-refractivity contribution >= 4 is 33.3 Å². The van der Waals surface area contributed by atoms with Crippen LogP contribution in [0.3, 0.4) is 0 Å². The molecule has 0 aliphatic carbocycles. The summed E-state index contributed by atoms with van der Waals surface area (Å²) in [5.74, 6) is -0.265. The van der Waals surface area contributed by atoms with Crippen molar-refractivity contribution in [2.24, 2.45) is 0 Å². The molecule has 6 heteroatoms. The fourth-order valence-corrected chi connectivity index (χ4v) is 4.08. The zero-order chi connectivity index (χ0) is 19.4. The first kappa shape index (κ1) is 20.1. The van der Waals surface area contributed by atoms with E-state index in [0.717, 1.165) is 31.7 Å². The van der Waals surface area contributed by atoms with Crippen molar-refractivity contribution in [2.75, 3.05) is 19.6 Å². The Labute approximate surface area is 172 Å². The third kappa shape index (κ3) is 5.41. The largest absolute Gasteiger partial charge is 0.372 e. The Kier molecular flexibility index (Phi) is 6.68. The van der Waals surface area contributed by atoms with Crippen molar-refractivity contribution in [3.05, 3.63) is 81.2 Å². The Morgan fingerprint density at radius 3 is 2.67 bits per heavy atom. The topological polar surface area (TPSA) is 23.6 Å². The molecule has 0 N–H and O–H groups in total. The molecule has 1 heterocycles. The van der Waals surface area contributed by atoms with Gasteiger partial charge in [0.25, 0.3) is 0 Å². The Bertz CT molecular complexity index is 841. The highest BCUT2D eigenvalue weighted by Gasteiger charge is 2.21. The Hall–Kier alpha value is -1.69. The van der Waals surface area contributed by atoms with Crippen LogP contribution >= 0.6 is 27.5 Å². The van der Waals surface area contributed by atoms with Crippen molar-refractivity contribution in [1.82, 2.24) is 9.80 Å². The first-order valence-corrected chi connectivity index (χ1v) is 9.99. The minimum Gasteiger partial charge on any atom is -0.372 e. The van der Waals surface area contributed by atoms with Gasteiger partial charge in [0, 0.05) is 59.6 Å². The van der Waals surface area contributed by atoms with Gasteiger partial charge in [0.2, 0.25) is 0 Å². The minimum absolute atomic E-state index is 0.0560. The molecular weight excluding hydrogens is 431 g/mol. The standard InChI is InChI=1S/C21H21BrClFN2O/c1-15-13-25(14-16-2-5-18(24)6-3-16)10-11-26(15)9-8-21(27)19-7-4-17(23)12-20(19)22/h2-9,12,15H,10-11,13-14H2,1H3/b9-8+. The van der Waals surface area contributed by atoms with E-state index in [0.29, 0.717) is 15.1 Å². The van der Waals surface area contributed by atoms with Gasteiger partial charge < -0.3 is 4.90 Å². The maximum absolute atomic E-state index is 13.0. The molecule has 1 atom stereocenters. The van der Waals surface area contributed by atoms with Gasteiger partial charge in [0.05, 0.1) is 0 Å². The molecule has 1 fully saturated rings. The first-order chi connectivity index (χ1) is 12.9. The van der Waals surface area contributed by atoms with E-state index in [9.17, 15) is 9.18 Å². The van der Waals surface area contributed by atoms with Crippen LogP contribution in [0.4, 0.5) is 4.39 Å². The maximum Gasteiger partial charge on any atom is 0.188 e. The van der Waals surface area contributed by atoms with E-state index in [-0.39, 0.29) is 17.6 Å². The van der Waals surface area contributed by atoms with E-state index in [1.807, 2.05) is 18.3 Å². The highest BCUT2D eigenvalue weighted by molar-refractivity contribution is 9.10.